The van der Waals surface area contributed by atoms with Gasteiger partial charge in [0.25, 0.3) is 6.49 Å². The van der Waals surface area contributed by atoms with Crippen LogP contribution < -0.4 is 32.5 Å². The van der Waals surface area contributed by atoms with Gasteiger partial charge in [-0.2, -0.15) is 0 Å². The van der Waals surface area contributed by atoms with Gasteiger partial charge < -0.3 is 13.9 Å². The van der Waals surface area contributed by atoms with E-state index in [1.807, 2.05) is 53.8 Å². The topological polar surface area (TPSA) is 104 Å². The van der Waals surface area contributed by atoms with Crippen molar-refractivity contribution >= 4 is 192 Å². The summed E-state index contributed by atoms with van der Waals surface area (Å²) in [7, 11) is -3.59. The van der Waals surface area contributed by atoms with Crippen LogP contribution in [0.25, 0.3) is 105 Å². The number of halogens is 1. The second-order valence-electron chi connectivity index (χ2n) is 23.1. The van der Waals surface area contributed by atoms with Crippen molar-refractivity contribution in [3.05, 3.63) is 255 Å². The Kier molecular flexibility index (Phi) is 14.0. The Morgan fingerprint density at radius 3 is 1.03 bits per heavy atom. The molecular formula is C74H54BClN4O4P2S2. The first-order valence-electron chi connectivity index (χ1n) is 29.1. The van der Waals surface area contributed by atoms with Crippen LogP contribution in [0.5, 0.6) is 0 Å². The predicted octanol–water partition coefficient (Wildman–Crippen LogP) is 17.7. The lowest BCUT2D eigenvalue weighted by molar-refractivity contribution is 0.00578. The van der Waals surface area contributed by atoms with Gasteiger partial charge in [0.15, 0.2) is 0 Å². The molecule has 14 heteroatoms. The zero-order valence-corrected chi connectivity index (χ0v) is 52.5. The first-order valence-corrected chi connectivity index (χ1v) is 35.0. The van der Waals surface area contributed by atoms with Gasteiger partial charge in [-0.1, -0.05) is 146 Å². The van der Waals surface area contributed by atoms with Crippen LogP contribution in [0.3, 0.4) is 0 Å². The maximum Gasteiger partial charge on any atom is 0.494 e. The zero-order chi connectivity index (χ0) is 59.9. The zero-order valence-electron chi connectivity index (χ0n) is 48.3. The molecule has 0 unspecified atom stereocenters. The number of fused-ring (bicyclic) bond motifs is 18. The number of benzene rings is 10. The number of rotatable bonds is 6. The van der Waals surface area contributed by atoms with Crippen LogP contribution in [0.2, 0.25) is 0 Å². The van der Waals surface area contributed by atoms with E-state index >= 15 is 0 Å². The van der Waals surface area contributed by atoms with E-state index in [1.54, 1.807) is 72.5 Å². The smallest absolute Gasteiger partial charge is 0.399 e. The fraction of sp³-hybridized carbons (Fsp3) is 0.0811. The molecular weight excluding hydrogens is 1180 g/mol. The van der Waals surface area contributed by atoms with Crippen LogP contribution in [-0.2, 0) is 18.4 Å². The molecule has 0 saturated carbocycles. The molecule has 1 aliphatic rings. The average molecular weight is 1240 g/mol. The molecule has 0 amide bonds. The lowest BCUT2D eigenvalue weighted by Crippen LogP contribution is -2.41. The summed E-state index contributed by atoms with van der Waals surface area (Å²) in [6, 6.07) is 78.6. The minimum atomic E-state index is -3.25. The molecule has 10 aromatic carbocycles. The molecule has 0 atom stereocenters. The Hall–Kier alpha value is -8.47. The van der Waals surface area contributed by atoms with Crippen molar-refractivity contribution in [1.82, 2.24) is 19.9 Å². The number of pyridine rings is 4. The minimum Gasteiger partial charge on any atom is -0.399 e. The molecule has 1 fully saturated rings. The highest BCUT2D eigenvalue weighted by Gasteiger charge is 2.51. The van der Waals surface area contributed by atoms with E-state index in [4.69, 9.17) is 20.5 Å². The third-order valence-corrected chi connectivity index (χ3v) is 25.2. The maximum atomic E-state index is 14.8. The Morgan fingerprint density at radius 1 is 0.341 bits per heavy atom. The van der Waals surface area contributed by atoms with Crippen molar-refractivity contribution in [2.45, 2.75) is 38.9 Å². The van der Waals surface area contributed by atoms with Gasteiger partial charge in [-0.15, -0.1) is 22.7 Å². The van der Waals surface area contributed by atoms with Crippen LogP contribution in [0.1, 0.15) is 27.7 Å². The second kappa shape index (κ2) is 22.0. The molecule has 7 heterocycles. The van der Waals surface area contributed by atoms with Crippen molar-refractivity contribution in [3.8, 4) is 0 Å². The molecule has 6 aromatic heterocycles. The standard InChI is InChI=1S/C34H21N2OPS.C30H25BO2S.C10H8ClN2OP/c37-38(33-13-5-7-17-35-33,34-14-6-8-18-36-34)22-15-16-27-30-20-28-25-11-3-1-9-23(25)24-10-2-4-12-26(24)29(28)21-32(30)39-31(27)19-22;1-29(2)30(3,4)33-31(32-29)18-13-14-23-26-16-24-21-11-7-5-9-19(21)20-10-6-8-12-22(20)25(24)17-28(26)34-27(23)15-18;11-15(14,9-5-1-3-7-12-9)10-6-2-4-8-13-10/h1-21H;5-17H,1-4H3;1-8H. The van der Waals surface area contributed by atoms with E-state index in [0.717, 1.165) is 15.5 Å². The van der Waals surface area contributed by atoms with Crippen LogP contribution >= 0.6 is 47.6 Å². The quantitative estimate of drug-likeness (QED) is 0.0921. The first-order chi connectivity index (χ1) is 42.7. The molecule has 1 aliphatic heterocycles. The third-order valence-electron chi connectivity index (χ3n) is 17.4. The highest BCUT2D eigenvalue weighted by Crippen LogP contribution is 2.49. The summed E-state index contributed by atoms with van der Waals surface area (Å²) in [4.78, 5) is 17.0. The summed E-state index contributed by atoms with van der Waals surface area (Å²) in [5.41, 5.74) is 2.23. The number of hydrogen-bond acceptors (Lipinski definition) is 10. The highest BCUT2D eigenvalue weighted by molar-refractivity contribution is 8.00. The predicted molar refractivity (Wildman–Crippen MR) is 376 cm³/mol. The number of nitrogens with zero attached hydrogens (tertiary/aromatic N) is 4. The molecule has 16 aromatic rings. The van der Waals surface area contributed by atoms with E-state index in [-0.39, 0.29) is 18.3 Å². The minimum absolute atomic E-state index is 0.341. The average Bonchev–Trinajstić information content (AvgIpc) is 1.53. The highest BCUT2D eigenvalue weighted by atomic mass is 35.7. The first kappa shape index (κ1) is 56.1. The van der Waals surface area contributed by atoms with Crippen molar-refractivity contribution in [3.63, 3.8) is 0 Å². The summed E-state index contributed by atoms with van der Waals surface area (Å²) >= 11 is 9.62. The van der Waals surface area contributed by atoms with Crippen LogP contribution in [-0.4, -0.2) is 38.3 Å². The molecule has 17 rings (SSSR count). The van der Waals surface area contributed by atoms with Gasteiger partial charge in [0.05, 0.1) is 11.2 Å². The molecule has 426 valence electrons. The normalized spacial score (nSPS) is 14.1. The van der Waals surface area contributed by atoms with Gasteiger partial charge >= 0.3 is 7.12 Å². The summed E-state index contributed by atoms with van der Waals surface area (Å²) in [5.74, 6) is 0. The molecule has 0 aliphatic carbocycles. The Labute approximate surface area is 521 Å². The molecule has 88 heavy (non-hydrogen) atoms. The number of thiophene rings is 2. The molecule has 0 bridgehead atoms. The van der Waals surface area contributed by atoms with E-state index in [0.29, 0.717) is 21.7 Å². The van der Waals surface area contributed by atoms with Gasteiger partial charge in [-0.3, -0.25) is 24.5 Å². The number of aromatic nitrogens is 4. The van der Waals surface area contributed by atoms with Crippen molar-refractivity contribution in [2.24, 2.45) is 0 Å². The molecule has 1 saturated heterocycles. The second-order valence-corrected chi connectivity index (χ2v) is 31.3. The van der Waals surface area contributed by atoms with Crippen LogP contribution in [0.4, 0.5) is 0 Å². The Bertz CT molecular complexity index is 5420. The van der Waals surface area contributed by atoms with Crippen molar-refractivity contribution in [1.29, 1.82) is 0 Å². The summed E-state index contributed by atoms with van der Waals surface area (Å²) in [6.07, 6.45) is 6.52. The summed E-state index contributed by atoms with van der Waals surface area (Å²) in [5, 5.41) is 21.2. The van der Waals surface area contributed by atoms with Crippen molar-refractivity contribution < 1.29 is 18.4 Å². The summed E-state index contributed by atoms with van der Waals surface area (Å²) < 4.78 is 44.6. The molecule has 0 spiro atoms. The van der Waals surface area contributed by atoms with E-state index in [1.165, 1.54) is 100 Å². The van der Waals surface area contributed by atoms with Gasteiger partial charge in [0.1, 0.15) is 21.7 Å². The van der Waals surface area contributed by atoms with E-state index in [9.17, 15) is 9.13 Å². The van der Waals surface area contributed by atoms with Gasteiger partial charge in [-0.25, -0.2) is 0 Å². The number of hydrogen-bond donors (Lipinski definition) is 0. The molecule has 0 N–H and O–H groups in total. The van der Waals surface area contributed by atoms with Crippen molar-refractivity contribution in [2.75, 3.05) is 0 Å². The molecule has 0 radical (unpaired) electrons. The van der Waals surface area contributed by atoms with Gasteiger partial charge in [0, 0.05) is 70.4 Å². The van der Waals surface area contributed by atoms with Gasteiger partial charge in [0.2, 0.25) is 7.14 Å². The fourth-order valence-electron chi connectivity index (χ4n) is 12.3. The van der Waals surface area contributed by atoms with Crippen LogP contribution in [0.15, 0.2) is 255 Å². The lowest BCUT2D eigenvalue weighted by Gasteiger charge is -2.32. The SMILES string of the molecule is CC1(C)OB(c2ccc3c(c2)sc2cc4c5ccccc5c5ccccc5c4cc23)OC1(C)C.O=P(Cl)(c1ccccn1)c1ccccn1.O=P(c1ccc2c(c1)sc1cc3c4ccccc4c4ccccc4c3cc12)(c1ccccn1)c1ccccn1. The van der Waals surface area contributed by atoms with E-state index in [2.05, 4.69) is 199 Å². The largest absolute Gasteiger partial charge is 0.494 e. The van der Waals surface area contributed by atoms with Crippen LogP contribution in [0, 0.1) is 0 Å². The maximum absolute atomic E-state index is 14.8. The summed E-state index contributed by atoms with van der Waals surface area (Å²) in [6.45, 7) is 5.26. The Morgan fingerprint density at radius 2 is 0.659 bits per heavy atom. The fourth-order valence-corrected chi connectivity index (χ4v) is 19.0. The van der Waals surface area contributed by atoms with Gasteiger partial charge in [-0.05, 0) is 194 Å². The lowest BCUT2D eigenvalue weighted by atomic mass is 9.79. The Balaban J connectivity index is 0.000000121. The molecule has 8 nitrogen and oxygen atoms in total. The third kappa shape index (κ3) is 9.51. The monoisotopic (exact) mass is 1230 g/mol. The van der Waals surface area contributed by atoms with E-state index < -0.39 is 13.6 Å².